The number of carbonyl (C=O) groups is 2. The van der Waals surface area contributed by atoms with E-state index in [9.17, 15) is 18.0 Å². The van der Waals surface area contributed by atoms with Crippen molar-refractivity contribution in [1.82, 2.24) is 9.80 Å². The van der Waals surface area contributed by atoms with E-state index in [1.807, 2.05) is 36.1 Å². The predicted molar refractivity (Wildman–Crippen MR) is 96.0 cm³/mol. The monoisotopic (exact) mass is 402 g/mol. The fourth-order valence-electron chi connectivity index (χ4n) is 3.58. The van der Waals surface area contributed by atoms with Crippen LogP contribution in [0.15, 0.2) is 24.3 Å². The summed E-state index contributed by atoms with van der Waals surface area (Å²) in [6.45, 7) is 5.46. The van der Waals surface area contributed by atoms with Gasteiger partial charge in [0.1, 0.15) is 0 Å². The molecule has 1 N–H and O–H groups in total. The van der Waals surface area contributed by atoms with Crippen molar-refractivity contribution in [2.24, 2.45) is 11.8 Å². The molecule has 3 rings (SSSR count). The number of benzene rings is 1. The Hall–Kier alpha value is -2.13. The van der Waals surface area contributed by atoms with E-state index < -0.39 is 12.1 Å². The number of alkyl halides is 3. The summed E-state index contributed by atoms with van der Waals surface area (Å²) in [5.41, 5.74) is 1.92. The molecule has 2 aliphatic rings. The maximum absolute atomic E-state index is 12.6. The molecule has 2 aliphatic heterocycles. The summed E-state index contributed by atoms with van der Waals surface area (Å²) in [5.74, 6) is -1.59. The van der Waals surface area contributed by atoms with Crippen LogP contribution in [0.2, 0.25) is 0 Å². The van der Waals surface area contributed by atoms with Crippen LogP contribution in [0.25, 0.3) is 0 Å². The molecule has 0 aromatic heterocycles. The van der Waals surface area contributed by atoms with Gasteiger partial charge in [-0.05, 0) is 33.2 Å². The summed E-state index contributed by atoms with van der Waals surface area (Å²) < 4.78 is 37.6. The third-order valence-electron chi connectivity index (χ3n) is 4.83. The van der Waals surface area contributed by atoms with Crippen molar-refractivity contribution >= 4 is 11.9 Å². The molecule has 6 nitrogen and oxygen atoms in total. The number of aliphatic carboxylic acids is 1. The molecular weight excluding hydrogens is 377 g/mol. The van der Waals surface area contributed by atoms with Crippen molar-refractivity contribution < 1.29 is 32.6 Å². The van der Waals surface area contributed by atoms with Gasteiger partial charge in [0.05, 0.1) is 12.7 Å². The van der Waals surface area contributed by atoms with Crippen LogP contribution in [0.3, 0.4) is 0 Å². The van der Waals surface area contributed by atoms with Gasteiger partial charge < -0.3 is 19.6 Å². The van der Waals surface area contributed by atoms with Crippen molar-refractivity contribution in [2.75, 3.05) is 40.3 Å². The van der Waals surface area contributed by atoms with Gasteiger partial charge >= 0.3 is 12.1 Å². The van der Waals surface area contributed by atoms with Crippen molar-refractivity contribution in [2.45, 2.75) is 19.2 Å². The van der Waals surface area contributed by atoms with Crippen LogP contribution < -0.4 is 0 Å². The van der Waals surface area contributed by atoms with E-state index in [1.165, 1.54) is 0 Å². The lowest BCUT2D eigenvalue weighted by Crippen LogP contribution is -2.33. The first-order chi connectivity index (χ1) is 13.0. The van der Waals surface area contributed by atoms with Crippen LogP contribution in [0.4, 0.5) is 13.2 Å². The number of halogens is 3. The summed E-state index contributed by atoms with van der Waals surface area (Å²) in [5, 5.41) is 7.12. The molecule has 0 unspecified atom stereocenters. The molecule has 2 heterocycles. The van der Waals surface area contributed by atoms with Gasteiger partial charge in [-0.15, -0.1) is 0 Å². The van der Waals surface area contributed by atoms with Gasteiger partial charge in [-0.3, -0.25) is 4.79 Å². The number of carboxylic acids is 1. The number of hydrogen-bond acceptors (Lipinski definition) is 4. The summed E-state index contributed by atoms with van der Waals surface area (Å²) in [4.78, 5) is 25.7. The van der Waals surface area contributed by atoms with Gasteiger partial charge in [0.15, 0.2) is 0 Å². The second-order valence-corrected chi connectivity index (χ2v) is 7.44. The van der Waals surface area contributed by atoms with Gasteiger partial charge in [0.2, 0.25) is 0 Å². The highest BCUT2D eigenvalue weighted by atomic mass is 19.4. The molecule has 156 valence electrons. The Kier molecular flexibility index (Phi) is 7.06. The first kappa shape index (κ1) is 22.2. The Morgan fingerprint density at radius 2 is 1.93 bits per heavy atom. The fourth-order valence-corrected chi connectivity index (χ4v) is 3.58. The Morgan fingerprint density at radius 3 is 2.46 bits per heavy atom. The summed E-state index contributed by atoms with van der Waals surface area (Å²) >= 11 is 0. The molecule has 0 radical (unpaired) electrons. The van der Waals surface area contributed by atoms with E-state index >= 15 is 0 Å². The zero-order valence-electron chi connectivity index (χ0n) is 16.1. The predicted octanol–water partition coefficient (Wildman–Crippen LogP) is 2.28. The lowest BCUT2D eigenvalue weighted by Gasteiger charge is -2.22. The fraction of sp³-hybridized carbons (Fsp3) is 0.579. The van der Waals surface area contributed by atoms with Gasteiger partial charge in [0, 0.05) is 37.0 Å². The number of hydrogen-bond donors (Lipinski definition) is 1. The summed E-state index contributed by atoms with van der Waals surface area (Å²) in [6.07, 6.45) is -4.86. The Balaban J connectivity index is 0.000000345. The van der Waals surface area contributed by atoms with Crippen LogP contribution in [-0.4, -0.2) is 79.4 Å². The normalized spacial score (nSPS) is 24.0. The van der Waals surface area contributed by atoms with E-state index in [0.29, 0.717) is 11.8 Å². The second kappa shape index (κ2) is 8.91. The van der Waals surface area contributed by atoms with Crippen LogP contribution in [0.1, 0.15) is 15.9 Å². The van der Waals surface area contributed by atoms with Gasteiger partial charge in [-0.2, -0.15) is 13.2 Å². The minimum absolute atomic E-state index is 0.139. The number of carbonyl (C=O) groups excluding carboxylic acids is 1. The van der Waals surface area contributed by atoms with E-state index in [-0.39, 0.29) is 12.0 Å². The highest BCUT2D eigenvalue weighted by Gasteiger charge is 2.45. The van der Waals surface area contributed by atoms with Crippen LogP contribution >= 0.6 is 0 Å². The quantitative estimate of drug-likeness (QED) is 0.840. The standard InChI is InChI=1S/C17H24N2O2.C2HF3O2/c1-12-5-4-6-13(7-12)17(20)19-9-15-14(8-18(2)3)11-21-16(15)10-19;3-2(4,5)1(6)7/h4-7,14-16H,8-11H2,1-3H3;(H,6,7)/t14-,15-,16-;/m1./s1. The largest absolute Gasteiger partial charge is 0.490 e. The maximum Gasteiger partial charge on any atom is 0.490 e. The smallest absolute Gasteiger partial charge is 0.475 e. The molecule has 28 heavy (non-hydrogen) atoms. The number of amides is 1. The van der Waals surface area contributed by atoms with E-state index in [4.69, 9.17) is 14.6 Å². The third kappa shape index (κ3) is 5.68. The van der Waals surface area contributed by atoms with E-state index in [1.54, 1.807) is 0 Å². The highest BCUT2D eigenvalue weighted by Crippen LogP contribution is 2.34. The molecule has 1 aromatic rings. The number of fused-ring (bicyclic) bond motifs is 1. The van der Waals surface area contributed by atoms with E-state index in [2.05, 4.69) is 19.0 Å². The average Bonchev–Trinajstić information content (AvgIpc) is 3.15. The molecule has 9 heteroatoms. The first-order valence-electron chi connectivity index (χ1n) is 8.91. The molecule has 0 spiro atoms. The first-order valence-corrected chi connectivity index (χ1v) is 8.91. The molecule has 0 saturated carbocycles. The molecule has 3 atom stereocenters. The minimum Gasteiger partial charge on any atom is -0.475 e. The molecule has 1 aromatic carbocycles. The lowest BCUT2D eigenvalue weighted by molar-refractivity contribution is -0.192. The Morgan fingerprint density at radius 1 is 1.29 bits per heavy atom. The average molecular weight is 402 g/mol. The Bertz CT molecular complexity index is 709. The number of aryl methyl sites for hydroxylation is 1. The van der Waals surface area contributed by atoms with Crippen molar-refractivity contribution in [1.29, 1.82) is 0 Å². The molecular formula is C19H25F3N2O4. The molecule has 1 amide bonds. The van der Waals surface area contributed by atoms with Crippen molar-refractivity contribution in [3.05, 3.63) is 35.4 Å². The second-order valence-electron chi connectivity index (χ2n) is 7.44. The zero-order valence-corrected chi connectivity index (χ0v) is 16.1. The van der Waals surface area contributed by atoms with Gasteiger partial charge in [0.25, 0.3) is 5.91 Å². The van der Waals surface area contributed by atoms with E-state index in [0.717, 1.165) is 37.4 Å². The van der Waals surface area contributed by atoms with Gasteiger partial charge in [-0.25, -0.2) is 4.79 Å². The SMILES string of the molecule is Cc1cccc(C(=O)N2C[C@@H]3[C@H](CN(C)C)CO[C@@H]3C2)c1.O=C(O)C(F)(F)F. The van der Waals surface area contributed by atoms with Crippen LogP contribution in [0, 0.1) is 18.8 Å². The molecule has 0 bridgehead atoms. The summed E-state index contributed by atoms with van der Waals surface area (Å²) in [7, 11) is 4.19. The van der Waals surface area contributed by atoms with Crippen LogP contribution in [0.5, 0.6) is 0 Å². The number of ether oxygens (including phenoxy) is 1. The molecule has 0 aliphatic carbocycles. The van der Waals surface area contributed by atoms with Crippen molar-refractivity contribution in [3.63, 3.8) is 0 Å². The Labute approximate surface area is 161 Å². The van der Waals surface area contributed by atoms with Gasteiger partial charge in [-0.1, -0.05) is 17.7 Å². The third-order valence-corrected chi connectivity index (χ3v) is 4.83. The molecule has 2 fully saturated rings. The lowest BCUT2D eigenvalue weighted by atomic mass is 9.93. The van der Waals surface area contributed by atoms with Crippen LogP contribution in [-0.2, 0) is 9.53 Å². The van der Waals surface area contributed by atoms with Crippen molar-refractivity contribution in [3.8, 4) is 0 Å². The molecule has 2 saturated heterocycles. The number of rotatable bonds is 3. The highest BCUT2D eigenvalue weighted by molar-refractivity contribution is 5.94. The number of carboxylic acid groups (broad SMARTS) is 1. The maximum atomic E-state index is 12.6. The topological polar surface area (TPSA) is 70.1 Å². The minimum atomic E-state index is -5.08. The number of likely N-dealkylation sites (tertiary alicyclic amines) is 1. The number of nitrogens with zero attached hydrogens (tertiary/aromatic N) is 2. The zero-order chi connectivity index (χ0) is 21.1. The summed E-state index contributed by atoms with van der Waals surface area (Å²) in [6, 6.07) is 7.84.